The summed E-state index contributed by atoms with van der Waals surface area (Å²) in [6.07, 6.45) is -1.17. The van der Waals surface area contributed by atoms with Crippen LogP contribution >= 0.6 is 23.4 Å². The Bertz CT molecular complexity index is 622. The van der Waals surface area contributed by atoms with Gasteiger partial charge in [-0.15, -0.1) is 11.8 Å². The van der Waals surface area contributed by atoms with Crippen molar-refractivity contribution in [3.63, 3.8) is 0 Å². The Morgan fingerprint density at radius 3 is 2.33 bits per heavy atom. The summed E-state index contributed by atoms with van der Waals surface area (Å²) in [7, 11) is -1.11. The van der Waals surface area contributed by atoms with Crippen LogP contribution < -0.4 is 0 Å². The van der Waals surface area contributed by atoms with Crippen LogP contribution in [0, 0.1) is 0 Å². The maximum absolute atomic E-state index is 14.5. The molecule has 0 N–H and O–H groups in total. The van der Waals surface area contributed by atoms with Gasteiger partial charge in [0.05, 0.1) is 17.0 Å². The Morgan fingerprint density at radius 1 is 1.21 bits per heavy atom. The van der Waals surface area contributed by atoms with E-state index in [1.54, 1.807) is 18.2 Å². The van der Waals surface area contributed by atoms with Gasteiger partial charge in [-0.25, -0.2) is 13.2 Å². The largest absolute Gasteiger partial charge is 0.525 e. The van der Waals surface area contributed by atoms with Gasteiger partial charge < -0.3 is 9.31 Å². The Kier molecular flexibility index (Phi) is 6.01. The molecule has 0 unspecified atom stereocenters. The zero-order valence-electron chi connectivity index (χ0n) is 13.9. The highest BCUT2D eigenvalue weighted by atomic mass is 35.5. The molecule has 0 aromatic heterocycles. The molecule has 1 heterocycles. The van der Waals surface area contributed by atoms with E-state index >= 15 is 0 Å². The Hall–Kier alpha value is -0.625. The maximum atomic E-state index is 14.5. The summed E-state index contributed by atoms with van der Waals surface area (Å²) in [5.41, 5.74) is -1.42. The highest BCUT2D eigenvalue weighted by Gasteiger charge is 2.53. The summed E-state index contributed by atoms with van der Waals surface area (Å²) < 4.78 is 50.4. The van der Waals surface area contributed by atoms with Gasteiger partial charge in [0.25, 0.3) is 0 Å². The van der Waals surface area contributed by atoms with Crippen LogP contribution in [-0.4, -0.2) is 30.5 Å². The maximum Gasteiger partial charge on any atom is 0.525 e. The van der Waals surface area contributed by atoms with E-state index in [-0.39, 0.29) is 5.75 Å². The first-order chi connectivity index (χ1) is 11.0. The molecule has 0 amide bonds. The third-order valence-electron chi connectivity index (χ3n) is 4.05. The molecule has 8 heteroatoms. The van der Waals surface area contributed by atoms with Crippen molar-refractivity contribution >= 4 is 36.6 Å². The average Bonchev–Trinajstić information content (AvgIpc) is 2.65. The minimum Gasteiger partial charge on any atom is -0.398 e. The molecule has 1 fully saturated rings. The monoisotopic (exact) mass is 378 g/mol. The van der Waals surface area contributed by atoms with E-state index in [1.807, 2.05) is 27.7 Å². The minimum atomic E-state index is -2.42. The second-order valence-corrected chi connectivity index (χ2v) is 8.07. The van der Waals surface area contributed by atoms with Crippen LogP contribution in [0.2, 0.25) is 5.02 Å². The Labute approximate surface area is 149 Å². The van der Waals surface area contributed by atoms with E-state index in [0.29, 0.717) is 15.5 Å². The predicted molar refractivity (Wildman–Crippen MR) is 93.3 cm³/mol. The van der Waals surface area contributed by atoms with Crippen LogP contribution in [0.3, 0.4) is 0 Å². The summed E-state index contributed by atoms with van der Waals surface area (Å²) in [6.45, 7) is 7.33. The van der Waals surface area contributed by atoms with Crippen molar-refractivity contribution in [2.45, 2.75) is 50.2 Å². The zero-order valence-corrected chi connectivity index (χ0v) is 15.5. The fourth-order valence-electron chi connectivity index (χ4n) is 2.09. The molecule has 1 saturated heterocycles. The SMILES string of the molecule is CC1(C)OB(C(F)=Cc2cc(Cl)cc(SCC(F)F)c2)OC1(C)C. The average molecular weight is 379 g/mol. The van der Waals surface area contributed by atoms with Crippen molar-refractivity contribution in [2.75, 3.05) is 5.75 Å². The molecule has 1 aromatic carbocycles. The molecule has 0 radical (unpaired) electrons. The molecule has 1 aliphatic rings. The normalized spacial score (nSPS) is 20.0. The van der Waals surface area contributed by atoms with Crippen LogP contribution in [0.15, 0.2) is 28.8 Å². The molecule has 0 atom stereocenters. The van der Waals surface area contributed by atoms with Crippen molar-refractivity contribution in [3.8, 4) is 0 Å². The molecular formula is C16H19BClF3O2S. The molecule has 2 nitrogen and oxygen atoms in total. The smallest absolute Gasteiger partial charge is 0.398 e. The third kappa shape index (κ3) is 4.72. The molecule has 2 rings (SSSR count). The third-order valence-corrected chi connectivity index (χ3v) is 5.26. The van der Waals surface area contributed by atoms with Crippen LogP contribution in [0.4, 0.5) is 13.2 Å². The van der Waals surface area contributed by atoms with E-state index in [4.69, 9.17) is 20.9 Å². The molecule has 1 aromatic rings. The van der Waals surface area contributed by atoms with Gasteiger partial charge in [0, 0.05) is 9.92 Å². The summed E-state index contributed by atoms with van der Waals surface area (Å²) in [6, 6.07) is 4.72. The number of hydrogen-bond acceptors (Lipinski definition) is 3. The topological polar surface area (TPSA) is 18.5 Å². The van der Waals surface area contributed by atoms with Gasteiger partial charge in [0.2, 0.25) is 6.43 Å². The van der Waals surface area contributed by atoms with Crippen molar-refractivity contribution in [3.05, 3.63) is 34.5 Å². The van der Waals surface area contributed by atoms with Gasteiger partial charge in [-0.3, -0.25) is 0 Å². The summed E-state index contributed by atoms with van der Waals surface area (Å²) in [5, 5.41) is 0.349. The molecular weight excluding hydrogens is 360 g/mol. The standard InChI is InChI=1S/C16H19BClF3O2S/c1-15(2)16(3,4)23-17(22-15)13(19)7-10-5-11(18)8-12(6-10)24-9-14(20)21/h5-8,14H,9H2,1-4H3. The van der Waals surface area contributed by atoms with Gasteiger partial charge in [0.1, 0.15) is 5.73 Å². The van der Waals surface area contributed by atoms with Crippen molar-refractivity contribution in [1.82, 2.24) is 0 Å². The number of alkyl halides is 2. The predicted octanol–water partition coefficient (Wildman–Crippen LogP) is 5.64. The van der Waals surface area contributed by atoms with E-state index < -0.39 is 30.5 Å². The number of halogens is 4. The fraction of sp³-hybridized carbons (Fsp3) is 0.500. The molecule has 0 bridgehead atoms. The molecule has 132 valence electrons. The first kappa shape index (κ1) is 19.7. The number of benzene rings is 1. The van der Waals surface area contributed by atoms with Crippen LogP contribution in [0.1, 0.15) is 33.3 Å². The van der Waals surface area contributed by atoms with E-state index in [0.717, 1.165) is 11.8 Å². The van der Waals surface area contributed by atoms with Gasteiger partial charge >= 0.3 is 7.12 Å². The molecule has 0 saturated carbocycles. The first-order valence-electron chi connectivity index (χ1n) is 7.44. The van der Waals surface area contributed by atoms with Crippen LogP contribution in [0.5, 0.6) is 0 Å². The highest BCUT2D eigenvalue weighted by molar-refractivity contribution is 7.99. The number of thioether (sulfide) groups is 1. The fourth-order valence-corrected chi connectivity index (χ4v) is 3.15. The van der Waals surface area contributed by atoms with Crippen LogP contribution in [0.25, 0.3) is 6.08 Å². The van der Waals surface area contributed by atoms with Gasteiger partial charge in [-0.2, -0.15) is 0 Å². The van der Waals surface area contributed by atoms with Crippen molar-refractivity contribution < 1.29 is 22.5 Å². The molecule has 24 heavy (non-hydrogen) atoms. The van der Waals surface area contributed by atoms with E-state index in [2.05, 4.69) is 0 Å². The first-order valence-corrected chi connectivity index (χ1v) is 8.81. The minimum absolute atomic E-state index is 0.344. The lowest BCUT2D eigenvalue weighted by Crippen LogP contribution is -2.41. The Balaban J connectivity index is 2.18. The van der Waals surface area contributed by atoms with Gasteiger partial charge in [-0.05, 0) is 57.5 Å². The second-order valence-electron chi connectivity index (χ2n) is 6.54. The van der Waals surface area contributed by atoms with Crippen LogP contribution in [-0.2, 0) is 9.31 Å². The van der Waals surface area contributed by atoms with E-state index in [1.165, 1.54) is 6.08 Å². The number of hydrogen-bond donors (Lipinski definition) is 0. The second kappa shape index (κ2) is 7.32. The van der Waals surface area contributed by atoms with Crippen molar-refractivity contribution in [1.29, 1.82) is 0 Å². The van der Waals surface area contributed by atoms with Gasteiger partial charge in [-0.1, -0.05) is 11.6 Å². The summed E-state index contributed by atoms with van der Waals surface area (Å²) in [5.74, 6) is -0.344. The molecule has 1 aliphatic heterocycles. The summed E-state index contributed by atoms with van der Waals surface area (Å²) in [4.78, 5) is 0.552. The van der Waals surface area contributed by atoms with E-state index in [9.17, 15) is 13.2 Å². The van der Waals surface area contributed by atoms with Gasteiger partial charge in [0.15, 0.2) is 0 Å². The molecule has 0 aliphatic carbocycles. The molecule has 0 spiro atoms. The lowest BCUT2D eigenvalue weighted by Gasteiger charge is -2.32. The lowest BCUT2D eigenvalue weighted by atomic mass is 9.87. The zero-order chi connectivity index (χ0) is 18.1. The number of rotatable bonds is 5. The van der Waals surface area contributed by atoms with Crippen molar-refractivity contribution in [2.24, 2.45) is 0 Å². The Morgan fingerprint density at radius 2 is 1.79 bits per heavy atom. The highest BCUT2D eigenvalue weighted by Crippen LogP contribution is 2.39. The lowest BCUT2D eigenvalue weighted by molar-refractivity contribution is 0.00578. The summed E-state index contributed by atoms with van der Waals surface area (Å²) >= 11 is 6.95. The quantitative estimate of drug-likeness (QED) is 0.488.